The molecule has 0 spiro atoms. The summed E-state index contributed by atoms with van der Waals surface area (Å²) < 4.78 is 0. The third-order valence-electron chi connectivity index (χ3n) is 3.17. The molecule has 2 heterocycles. The molecular weight excluding hydrogens is 292 g/mol. The van der Waals surface area contributed by atoms with Crippen molar-refractivity contribution in [1.82, 2.24) is 15.0 Å². The molecule has 0 unspecified atom stereocenters. The Morgan fingerprint density at radius 3 is 2.61 bits per heavy atom. The highest BCUT2D eigenvalue weighted by atomic mass is 16.4. The van der Waals surface area contributed by atoms with Gasteiger partial charge in [-0.1, -0.05) is 6.07 Å². The van der Waals surface area contributed by atoms with Gasteiger partial charge >= 0.3 is 5.97 Å². The SMILES string of the molecule is Cc1cc(Nc2cccc(C(=O)O)c2)nc(-c2ccncc2)n1. The van der Waals surface area contributed by atoms with E-state index in [0.29, 0.717) is 17.3 Å². The van der Waals surface area contributed by atoms with Crippen LogP contribution in [0.1, 0.15) is 16.1 Å². The minimum absolute atomic E-state index is 0.218. The number of hydrogen-bond acceptors (Lipinski definition) is 5. The fraction of sp³-hybridized carbons (Fsp3) is 0.0588. The van der Waals surface area contributed by atoms with Crippen molar-refractivity contribution in [2.24, 2.45) is 0 Å². The number of aromatic nitrogens is 3. The number of aryl methyl sites for hydroxylation is 1. The maximum absolute atomic E-state index is 11.0. The van der Waals surface area contributed by atoms with Crippen molar-refractivity contribution in [3.05, 3.63) is 66.1 Å². The van der Waals surface area contributed by atoms with Crippen LogP contribution in [0.5, 0.6) is 0 Å². The van der Waals surface area contributed by atoms with E-state index in [4.69, 9.17) is 5.11 Å². The van der Waals surface area contributed by atoms with Gasteiger partial charge in [0.05, 0.1) is 5.56 Å². The van der Waals surface area contributed by atoms with Gasteiger partial charge in [0.25, 0.3) is 0 Å². The summed E-state index contributed by atoms with van der Waals surface area (Å²) in [5, 5.41) is 12.2. The molecule has 114 valence electrons. The van der Waals surface area contributed by atoms with Gasteiger partial charge in [-0.3, -0.25) is 4.98 Å². The summed E-state index contributed by atoms with van der Waals surface area (Å²) in [5.41, 5.74) is 2.55. The number of hydrogen-bond donors (Lipinski definition) is 2. The number of nitrogens with one attached hydrogen (secondary N) is 1. The molecular formula is C17H14N4O2. The number of benzene rings is 1. The fourth-order valence-electron chi connectivity index (χ4n) is 2.14. The lowest BCUT2D eigenvalue weighted by Crippen LogP contribution is -2.01. The van der Waals surface area contributed by atoms with E-state index in [0.717, 1.165) is 11.3 Å². The number of carboxylic acids is 1. The molecule has 1 aromatic carbocycles. The second-order valence-corrected chi connectivity index (χ2v) is 4.97. The normalized spacial score (nSPS) is 10.3. The number of carboxylic acid groups (broad SMARTS) is 1. The number of anilines is 2. The molecule has 0 aliphatic heterocycles. The lowest BCUT2D eigenvalue weighted by Gasteiger charge is -2.09. The molecule has 6 heteroatoms. The fourth-order valence-corrected chi connectivity index (χ4v) is 2.14. The van der Waals surface area contributed by atoms with E-state index >= 15 is 0 Å². The average molecular weight is 306 g/mol. The Morgan fingerprint density at radius 2 is 1.87 bits per heavy atom. The predicted octanol–water partition coefficient (Wildman–Crippen LogP) is 3.29. The summed E-state index contributed by atoms with van der Waals surface area (Å²) in [6, 6.07) is 12.1. The molecule has 0 atom stereocenters. The van der Waals surface area contributed by atoms with Gasteiger partial charge < -0.3 is 10.4 Å². The van der Waals surface area contributed by atoms with Crippen LogP contribution >= 0.6 is 0 Å². The van der Waals surface area contributed by atoms with Gasteiger partial charge in [0.2, 0.25) is 0 Å². The maximum atomic E-state index is 11.0. The molecule has 0 saturated heterocycles. The van der Waals surface area contributed by atoms with Crippen LogP contribution < -0.4 is 5.32 Å². The molecule has 2 aromatic heterocycles. The number of pyridine rings is 1. The van der Waals surface area contributed by atoms with Crippen LogP contribution in [0.3, 0.4) is 0 Å². The number of aromatic carboxylic acids is 1. The third-order valence-corrected chi connectivity index (χ3v) is 3.17. The van der Waals surface area contributed by atoms with Crippen LogP contribution in [0, 0.1) is 6.92 Å². The lowest BCUT2D eigenvalue weighted by molar-refractivity contribution is 0.0697. The van der Waals surface area contributed by atoms with Crippen LogP contribution in [-0.4, -0.2) is 26.0 Å². The highest BCUT2D eigenvalue weighted by molar-refractivity contribution is 5.89. The monoisotopic (exact) mass is 306 g/mol. The summed E-state index contributed by atoms with van der Waals surface area (Å²) >= 11 is 0. The van der Waals surface area contributed by atoms with Crippen LogP contribution in [-0.2, 0) is 0 Å². The quantitative estimate of drug-likeness (QED) is 0.769. The van der Waals surface area contributed by atoms with Gasteiger partial charge in [0.1, 0.15) is 5.82 Å². The van der Waals surface area contributed by atoms with Crippen molar-refractivity contribution < 1.29 is 9.90 Å². The first-order chi connectivity index (χ1) is 11.1. The second-order valence-electron chi connectivity index (χ2n) is 4.97. The minimum atomic E-state index is -0.968. The first-order valence-corrected chi connectivity index (χ1v) is 6.98. The van der Waals surface area contributed by atoms with Crippen molar-refractivity contribution in [2.75, 3.05) is 5.32 Å². The number of nitrogens with zero attached hydrogens (tertiary/aromatic N) is 3. The molecule has 0 amide bonds. The van der Waals surface area contributed by atoms with Gasteiger partial charge in [-0.05, 0) is 37.3 Å². The van der Waals surface area contributed by atoms with Gasteiger partial charge in [-0.15, -0.1) is 0 Å². The van der Waals surface area contributed by atoms with E-state index in [1.165, 1.54) is 0 Å². The molecule has 0 radical (unpaired) electrons. The van der Waals surface area contributed by atoms with Crippen molar-refractivity contribution in [3.8, 4) is 11.4 Å². The van der Waals surface area contributed by atoms with E-state index < -0.39 is 5.97 Å². The maximum Gasteiger partial charge on any atom is 0.335 e. The summed E-state index contributed by atoms with van der Waals surface area (Å²) in [6.07, 6.45) is 3.37. The summed E-state index contributed by atoms with van der Waals surface area (Å²) in [6.45, 7) is 1.88. The summed E-state index contributed by atoms with van der Waals surface area (Å²) in [4.78, 5) is 23.9. The van der Waals surface area contributed by atoms with E-state index in [1.54, 1.807) is 42.7 Å². The van der Waals surface area contributed by atoms with Crippen molar-refractivity contribution in [3.63, 3.8) is 0 Å². The zero-order valence-corrected chi connectivity index (χ0v) is 12.4. The Bertz CT molecular complexity index is 850. The second kappa shape index (κ2) is 6.23. The average Bonchev–Trinajstić information content (AvgIpc) is 2.55. The van der Waals surface area contributed by atoms with Gasteiger partial charge in [-0.25, -0.2) is 14.8 Å². The highest BCUT2D eigenvalue weighted by Gasteiger charge is 2.07. The zero-order valence-electron chi connectivity index (χ0n) is 12.4. The van der Waals surface area contributed by atoms with Crippen LogP contribution in [0.2, 0.25) is 0 Å². The Morgan fingerprint density at radius 1 is 1.09 bits per heavy atom. The van der Waals surface area contributed by atoms with Gasteiger partial charge in [-0.2, -0.15) is 0 Å². The van der Waals surface area contributed by atoms with E-state index in [1.807, 2.05) is 19.1 Å². The third kappa shape index (κ3) is 3.49. The Labute approximate surface area is 132 Å². The largest absolute Gasteiger partial charge is 0.478 e. The molecule has 2 N–H and O–H groups in total. The zero-order chi connectivity index (χ0) is 16.2. The first-order valence-electron chi connectivity index (χ1n) is 6.98. The molecule has 0 fully saturated rings. The lowest BCUT2D eigenvalue weighted by atomic mass is 10.2. The summed E-state index contributed by atoms with van der Waals surface area (Å²) in [5.74, 6) is 0.223. The van der Waals surface area contributed by atoms with E-state index in [9.17, 15) is 4.79 Å². The van der Waals surface area contributed by atoms with E-state index in [2.05, 4.69) is 20.3 Å². The Balaban J connectivity index is 1.93. The van der Waals surface area contributed by atoms with Crippen molar-refractivity contribution >= 4 is 17.5 Å². The molecule has 3 aromatic rings. The van der Waals surface area contributed by atoms with E-state index in [-0.39, 0.29) is 5.56 Å². The topological polar surface area (TPSA) is 88.0 Å². The van der Waals surface area contributed by atoms with Crippen LogP contribution in [0.4, 0.5) is 11.5 Å². The molecule has 6 nitrogen and oxygen atoms in total. The number of rotatable bonds is 4. The number of carbonyl (C=O) groups is 1. The standard InChI is InChI=1S/C17H14N4O2/c1-11-9-15(20-14-4-2-3-13(10-14)17(22)23)21-16(19-11)12-5-7-18-8-6-12/h2-10H,1H3,(H,22,23)(H,19,20,21). The Hall–Kier alpha value is -3.28. The molecule has 0 saturated carbocycles. The van der Waals surface area contributed by atoms with Gasteiger partial charge in [0, 0.05) is 35.4 Å². The first kappa shape index (κ1) is 14.6. The smallest absolute Gasteiger partial charge is 0.335 e. The molecule has 0 bridgehead atoms. The summed E-state index contributed by atoms with van der Waals surface area (Å²) in [7, 11) is 0. The van der Waals surface area contributed by atoms with Crippen molar-refractivity contribution in [1.29, 1.82) is 0 Å². The molecule has 0 aliphatic rings. The minimum Gasteiger partial charge on any atom is -0.478 e. The highest BCUT2D eigenvalue weighted by Crippen LogP contribution is 2.20. The van der Waals surface area contributed by atoms with Crippen LogP contribution in [0.15, 0.2) is 54.9 Å². The Kier molecular flexibility index (Phi) is 3.97. The molecule has 23 heavy (non-hydrogen) atoms. The van der Waals surface area contributed by atoms with Crippen LogP contribution in [0.25, 0.3) is 11.4 Å². The van der Waals surface area contributed by atoms with Crippen molar-refractivity contribution in [2.45, 2.75) is 6.92 Å². The van der Waals surface area contributed by atoms with Gasteiger partial charge in [0.15, 0.2) is 5.82 Å². The predicted molar refractivity (Wildman–Crippen MR) is 86.7 cm³/mol. The molecule has 3 rings (SSSR count). The molecule has 0 aliphatic carbocycles.